The van der Waals surface area contributed by atoms with Crippen molar-refractivity contribution in [2.45, 2.75) is 57.1 Å². The lowest BCUT2D eigenvalue weighted by Gasteiger charge is -2.28. The minimum atomic E-state index is -0.135. The first-order chi connectivity index (χ1) is 13.0. The van der Waals surface area contributed by atoms with Gasteiger partial charge < -0.3 is 9.47 Å². The summed E-state index contributed by atoms with van der Waals surface area (Å²) in [6, 6.07) is 0. The van der Waals surface area contributed by atoms with E-state index in [1.54, 1.807) is 17.1 Å². The van der Waals surface area contributed by atoms with Crippen LogP contribution in [0.25, 0.3) is 11.4 Å². The third kappa shape index (κ3) is 4.82. The minimum absolute atomic E-state index is 0.0572. The van der Waals surface area contributed by atoms with Gasteiger partial charge in [0.15, 0.2) is 0 Å². The number of carbonyl (C=O) groups excluding carboxylic acids is 1. The number of esters is 1. The Bertz CT molecular complexity index is 778. The number of hydrogen-bond acceptors (Lipinski definition) is 7. The molecule has 2 aromatic heterocycles. The van der Waals surface area contributed by atoms with Crippen LogP contribution in [0.15, 0.2) is 12.4 Å². The molecule has 0 N–H and O–H groups in total. The van der Waals surface area contributed by atoms with Gasteiger partial charge in [-0.1, -0.05) is 21.1 Å². The lowest BCUT2D eigenvalue weighted by molar-refractivity contribution is -0.154. The Labute approximate surface area is 166 Å². The van der Waals surface area contributed by atoms with Crippen LogP contribution in [-0.2, 0) is 21.9 Å². The molecule has 0 bridgehead atoms. The van der Waals surface area contributed by atoms with Crippen LogP contribution in [0.4, 0.5) is 0 Å². The average Bonchev–Trinajstić information content (AvgIpc) is 3.02. The van der Waals surface area contributed by atoms with Gasteiger partial charge in [0.2, 0.25) is 5.88 Å². The van der Waals surface area contributed by atoms with E-state index in [1.807, 2.05) is 20.9 Å². The maximum Gasteiger partial charge on any atom is 0.309 e. The number of ether oxygens (including phenoxy) is 2. The van der Waals surface area contributed by atoms with E-state index in [0.717, 1.165) is 25.0 Å². The Morgan fingerprint density at radius 3 is 2.81 bits per heavy atom. The first-order valence-electron chi connectivity index (χ1n) is 9.12. The van der Waals surface area contributed by atoms with Crippen LogP contribution in [0, 0.1) is 5.92 Å². The zero-order valence-corrected chi connectivity index (χ0v) is 17.3. The second-order valence-electron chi connectivity index (χ2n) is 6.97. The standard InChI is InChI=1S/C18H24BrN5O3/c1-11(2)26-18(25)12-5-4-6-13(7-12)27-16-10-20-14(9-21-16)17-15(8-19)24(3)23-22-17/h9-13H,4-8H2,1-3H3/t12-,13-/m0/s1. The van der Waals surface area contributed by atoms with Crippen LogP contribution >= 0.6 is 15.9 Å². The van der Waals surface area contributed by atoms with E-state index in [1.165, 1.54) is 0 Å². The molecule has 1 aliphatic rings. The normalized spacial score (nSPS) is 19.9. The van der Waals surface area contributed by atoms with Gasteiger partial charge in [-0.05, 0) is 39.5 Å². The number of alkyl halides is 1. The Morgan fingerprint density at radius 2 is 2.15 bits per heavy atom. The van der Waals surface area contributed by atoms with Gasteiger partial charge in [0.25, 0.3) is 0 Å². The summed E-state index contributed by atoms with van der Waals surface area (Å²) < 4.78 is 13.0. The third-order valence-electron chi connectivity index (χ3n) is 4.54. The number of aromatic nitrogens is 5. The smallest absolute Gasteiger partial charge is 0.309 e. The van der Waals surface area contributed by atoms with Crippen LogP contribution in [0.5, 0.6) is 5.88 Å². The predicted octanol–water partition coefficient (Wildman–Crippen LogP) is 3.06. The molecule has 0 saturated heterocycles. The molecule has 3 rings (SSSR count). The van der Waals surface area contributed by atoms with Gasteiger partial charge in [0, 0.05) is 12.4 Å². The quantitative estimate of drug-likeness (QED) is 0.506. The second kappa shape index (κ2) is 8.77. The highest BCUT2D eigenvalue weighted by atomic mass is 79.9. The molecule has 0 spiro atoms. The molecule has 27 heavy (non-hydrogen) atoms. The van der Waals surface area contributed by atoms with E-state index in [2.05, 4.69) is 36.2 Å². The molecule has 2 heterocycles. The first kappa shape index (κ1) is 19.7. The monoisotopic (exact) mass is 437 g/mol. The summed E-state index contributed by atoms with van der Waals surface area (Å²) in [5, 5.41) is 8.79. The van der Waals surface area contributed by atoms with Crippen molar-refractivity contribution in [3.63, 3.8) is 0 Å². The minimum Gasteiger partial charge on any atom is -0.473 e. The van der Waals surface area contributed by atoms with E-state index in [0.29, 0.717) is 29.0 Å². The molecule has 0 radical (unpaired) electrons. The van der Waals surface area contributed by atoms with Gasteiger partial charge in [0.1, 0.15) is 17.5 Å². The highest BCUT2D eigenvalue weighted by Gasteiger charge is 2.30. The third-order valence-corrected chi connectivity index (χ3v) is 5.07. The molecule has 9 heteroatoms. The van der Waals surface area contributed by atoms with Crippen molar-refractivity contribution in [2.75, 3.05) is 0 Å². The summed E-state index contributed by atoms with van der Waals surface area (Å²) in [6.07, 6.45) is 6.40. The van der Waals surface area contributed by atoms with E-state index in [-0.39, 0.29) is 24.1 Å². The molecule has 1 fully saturated rings. The van der Waals surface area contributed by atoms with Crippen molar-refractivity contribution in [1.82, 2.24) is 25.0 Å². The Kier molecular flexibility index (Phi) is 6.41. The number of nitrogens with zero attached hydrogens (tertiary/aromatic N) is 5. The zero-order chi connectivity index (χ0) is 19.4. The zero-order valence-electron chi connectivity index (χ0n) is 15.8. The van der Waals surface area contributed by atoms with Crippen molar-refractivity contribution in [3.8, 4) is 17.3 Å². The fourth-order valence-corrected chi connectivity index (χ4v) is 3.82. The lowest BCUT2D eigenvalue weighted by Crippen LogP contribution is -2.31. The Morgan fingerprint density at radius 1 is 1.33 bits per heavy atom. The van der Waals surface area contributed by atoms with Crippen LogP contribution < -0.4 is 4.74 Å². The largest absolute Gasteiger partial charge is 0.473 e. The van der Waals surface area contributed by atoms with Crippen molar-refractivity contribution in [2.24, 2.45) is 13.0 Å². The van der Waals surface area contributed by atoms with Gasteiger partial charge in [-0.3, -0.25) is 9.48 Å². The number of halogens is 1. The SMILES string of the molecule is CC(C)OC(=O)[C@H]1CCC[C@H](Oc2cnc(-c3nnn(C)c3CBr)cn2)C1. The van der Waals surface area contributed by atoms with Crippen LogP contribution in [0.3, 0.4) is 0 Å². The van der Waals surface area contributed by atoms with Crippen molar-refractivity contribution in [3.05, 3.63) is 18.1 Å². The molecule has 1 saturated carbocycles. The van der Waals surface area contributed by atoms with E-state index in [9.17, 15) is 4.79 Å². The molecule has 0 amide bonds. The molecular formula is C18H24BrN5O3. The summed E-state index contributed by atoms with van der Waals surface area (Å²) in [5.41, 5.74) is 2.27. The van der Waals surface area contributed by atoms with Gasteiger partial charge >= 0.3 is 5.97 Å². The number of rotatable bonds is 6. The highest BCUT2D eigenvalue weighted by molar-refractivity contribution is 9.08. The van der Waals surface area contributed by atoms with Crippen molar-refractivity contribution < 1.29 is 14.3 Å². The maximum atomic E-state index is 12.1. The molecule has 2 atom stereocenters. The highest BCUT2D eigenvalue weighted by Crippen LogP contribution is 2.29. The van der Waals surface area contributed by atoms with Gasteiger partial charge in [-0.25, -0.2) is 9.97 Å². The number of carbonyl (C=O) groups is 1. The molecule has 0 aromatic carbocycles. The van der Waals surface area contributed by atoms with Crippen LogP contribution in [-0.4, -0.2) is 43.1 Å². The van der Waals surface area contributed by atoms with Crippen molar-refractivity contribution >= 4 is 21.9 Å². The van der Waals surface area contributed by atoms with Crippen LogP contribution in [0.1, 0.15) is 45.2 Å². The number of hydrogen-bond donors (Lipinski definition) is 0. The summed E-state index contributed by atoms with van der Waals surface area (Å²) in [7, 11) is 1.84. The van der Waals surface area contributed by atoms with Gasteiger partial charge in [-0.2, -0.15) is 0 Å². The van der Waals surface area contributed by atoms with Crippen LogP contribution in [0.2, 0.25) is 0 Å². The Hall–Kier alpha value is -2.03. The molecule has 8 nitrogen and oxygen atoms in total. The van der Waals surface area contributed by atoms with Gasteiger partial charge in [-0.15, -0.1) is 5.10 Å². The topological polar surface area (TPSA) is 92.0 Å². The summed E-state index contributed by atoms with van der Waals surface area (Å²) in [4.78, 5) is 20.9. The fraction of sp³-hybridized carbons (Fsp3) is 0.611. The fourth-order valence-electron chi connectivity index (χ4n) is 3.19. The molecule has 1 aliphatic carbocycles. The average molecular weight is 438 g/mol. The molecule has 146 valence electrons. The summed E-state index contributed by atoms with van der Waals surface area (Å²) >= 11 is 3.44. The van der Waals surface area contributed by atoms with Gasteiger partial charge in [0.05, 0.1) is 30.1 Å². The van der Waals surface area contributed by atoms with Crippen molar-refractivity contribution in [1.29, 1.82) is 0 Å². The second-order valence-corrected chi connectivity index (χ2v) is 7.53. The maximum absolute atomic E-state index is 12.1. The molecule has 2 aromatic rings. The molecular weight excluding hydrogens is 414 g/mol. The molecule has 0 aliphatic heterocycles. The van der Waals surface area contributed by atoms with E-state index >= 15 is 0 Å². The Balaban J connectivity index is 1.63. The van der Waals surface area contributed by atoms with E-state index in [4.69, 9.17) is 9.47 Å². The number of aryl methyl sites for hydroxylation is 1. The summed E-state index contributed by atoms with van der Waals surface area (Å²) in [6.45, 7) is 3.73. The predicted molar refractivity (Wildman–Crippen MR) is 102 cm³/mol. The first-order valence-corrected chi connectivity index (χ1v) is 10.2. The molecule has 0 unspecified atom stereocenters. The summed E-state index contributed by atoms with van der Waals surface area (Å²) in [5.74, 6) is 0.204. The lowest BCUT2D eigenvalue weighted by atomic mass is 9.87. The van der Waals surface area contributed by atoms with E-state index < -0.39 is 0 Å².